The molecule has 0 atom stereocenters. The molecule has 22 heavy (non-hydrogen) atoms. The number of carbonyl (C=O) groups excluding carboxylic acids is 2. The monoisotopic (exact) mass is 384 g/mol. The lowest BCUT2D eigenvalue weighted by molar-refractivity contribution is -0.123. The van der Waals surface area contributed by atoms with Gasteiger partial charge >= 0.3 is 0 Å². The van der Waals surface area contributed by atoms with E-state index in [0.717, 1.165) is 3.79 Å². The van der Waals surface area contributed by atoms with E-state index in [-0.39, 0.29) is 12.5 Å². The fraction of sp³-hybridized carbons (Fsp3) is 0.143. The number of rotatable bonds is 5. The van der Waals surface area contributed by atoms with Crippen LogP contribution in [0.2, 0.25) is 0 Å². The Hall–Kier alpha value is -2.06. The summed E-state index contributed by atoms with van der Waals surface area (Å²) in [5.74, 6) is 0.118. The van der Waals surface area contributed by atoms with Gasteiger partial charge in [-0.1, -0.05) is 12.1 Å². The number of ether oxygens (including phenoxy) is 2. The van der Waals surface area contributed by atoms with Gasteiger partial charge in [-0.15, -0.1) is 11.3 Å². The Kier molecular flexibility index (Phi) is 5.79. The number of hydrazine groups is 1. The van der Waals surface area contributed by atoms with E-state index < -0.39 is 5.91 Å². The maximum Gasteiger partial charge on any atom is 0.279 e. The normalized spacial score (nSPS) is 9.91. The Morgan fingerprint density at radius 1 is 1.14 bits per heavy atom. The van der Waals surface area contributed by atoms with Gasteiger partial charge in [0.25, 0.3) is 11.8 Å². The molecule has 0 saturated carbocycles. The third kappa shape index (κ3) is 4.47. The highest BCUT2D eigenvalue weighted by atomic mass is 79.9. The molecule has 0 bridgehead atoms. The second-order valence-corrected chi connectivity index (χ2v) is 6.51. The van der Waals surface area contributed by atoms with Crippen molar-refractivity contribution in [2.45, 2.75) is 0 Å². The average Bonchev–Trinajstić information content (AvgIpc) is 2.97. The van der Waals surface area contributed by atoms with E-state index in [2.05, 4.69) is 26.8 Å². The van der Waals surface area contributed by atoms with Crippen LogP contribution < -0.4 is 20.3 Å². The molecule has 1 aromatic heterocycles. The molecular formula is C14H13BrN2O4S. The zero-order valence-corrected chi connectivity index (χ0v) is 14.0. The van der Waals surface area contributed by atoms with Crippen molar-refractivity contribution in [3.63, 3.8) is 0 Å². The summed E-state index contributed by atoms with van der Waals surface area (Å²) in [5.41, 5.74) is 4.60. The van der Waals surface area contributed by atoms with Crippen LogP contribution in [-0.2, 0) is 4.79 Å². The fourth-order valence-corrected chi connectivity index (χ4v) is 2.82. The first kappa shape index (κ1) is 16.3. The molecule has 0 aliphatic rings. The Balaban J connectivity index is 1.80. The molecule has 0 spiro atoms. The van der Waals surface area contributed by atoms with Crippen LogP contribution in [0.25, 0.3) is 0 Å². The number of para-hydroxylation sites is 2. The zero-order valence-electron chi connectivity index (χ0n) is 11.6. The summed E-state index contributed by atoms with van der Waals surface area (Å²) in [4.78, 5) is 23.9. The molecule has 2 aromatic rings. The minimum atomic E-state index is -0.477. The fourth-order valence-electron chi connectivity index (χ4n) is 1.54. The predicted molar refractivity (Wildman–Crippen MR) is 86.1 cm³/mol. The lowest BCUT2D eigenvalue weighted by Crippen LogP contribution is -2.43. The summed E-state index contributed by atoms with van der Waals surface area (Å²) in [5, 5.41) is 0. The Labute approximate surface area is 139 Å². The van der Waals surface area contributed by atoms with Crippen molar-refractivity contribution < 1.29 is 19.1 Å². The molecule has 8 heteroatoms. The number of hydrogen-bond donors (Lipinski definition) is 2. The molecular weight excluding hydrogens is 372 g/mol. The largest absolute Gasteiger partial charge is 0.493 e. The summed E-state index contributed by atoms with van der Waals surface area (Å²) in [6, 6.07) is 10.4. The molecule has 2 rings (SSSR count). The van der Waals surface area contributed by atoms with Gasteiger partial charge in [0.2, 0.25) is 0 Å². The minimum Gasteiger partial charge on any atom is -0.493 e. The van der Waals surface area contributed by atoms with Gasteiger partial charge in [-0.3, -0.25) is 20.4 Å². The second kappa shape index (κ2) is 7.81. The van der Waals surface area contributed by atoms with Crippen LogP contribution in [0.5, 0.6) is 11.5 Å². The van der Waals surface area contributed by atoms with Crippen molar-refractivity contribution in [3.8, 4) is 11.5 Å². The predicted octanol–water partition coefficient (Wildman–Crippen LogP) is 2.36. The molecule has 0 aliphatic heterocycles. The van der Waals surface area contributed by atoms with Crippen LogP contribution in [0.3, 0.4) is 0 Å². The first-order valence-corrected chi connectivity index (χ1v) is 7.81. The molecule has 0 unspecified atom stereocenters. The number of thiophene rings is 1. The molecule has 2 amide bonds. The highest BCUT2D eigenvalue weighted by Crippen LogP contribution is 2.25. The SMILES string of the molecule is COc1ccccc1OCC(=O)NNC(=O)c1ccc(Br)s1. The third-order valence-corrected chi connectivity index (χ3v) is 4.16. The van der Waals surface area contributed by atoms with Gasteiger partial charge in [0, 0.05) is 0 Å². The van der Waals surface area contributed by atoms with Crippen molar-refractivity contribution in [2.75, 3.05) is 13.7 Å². The van der Waals surface area contributed by atoms with Crippen LogP contribution >= 0.6 is 27.3 Å². The minimum absolute atomic E-state index is 0.241. The van der Waals surface area contributed by atoms with E-state index >= 15 is 0 Å². The number of hydrogen-bond acceptors (Lipinski definition) is 5. The second-order valence-electron chi connectivity index (χ2n) is 4.05. The van der Waals surface area contributed by atoms with E-state index in [4.69, 9.17) is 9.47 Å². The quantitative estimate of drug-likeness (QED) is 0.775. The van der Waals surface area contributed by atoms with Crippen molar-refractivity contribution in [1.29, 1.82) is 0 Å². The van der Waals surface area contributed by atoms with Crippen LogP contribution in [0.4, 0.5) is 0 Å². The molecule has 1 heterocycles. The van der Waals surface area contributed by atoms with Crippen LogP contribution in [-0.4, -0.2) is 25.5 Å². The lowest BCUT2D eigenvalue weighted by Gasteiger charge is -2.10. The number of methoxy groups -OCH3 is 1. The smallest absolute Gasteiger partial charge is 0.279 e. The molecule has 6 nitrogen and oxygen atoms in total. The highest BCUT2D eigenvalue weighted by molar-refractivity contribution is 9.11. The van der Waals surface area contributed by atoms with Crippen molar-refractivity contribution in [3.05, 3.63) is 45.1 Å². The average molecular weight is 385 g/mol. The number of nitrogens with one attached hydrogen (secondary N) is 2. The lowest BCUT2D eigenvalue weighted by atomic mass is 10.3. The Morgan fingerprint density at radius 2 is 1.86 bits per heavy atom. The number of benzene rings is 1. The number of amides is 2. The maximum absolute atomic E-state index is 11.7. The van der Waals surface area contributed by atoms with Crippen LogP contribution in [0, 0.1) is 0 Å². The summed E-state index contributed by atoms with van der Waals surface area (Å²) in [7, 11) is 1.52. The summed E-state index contributed by atoms with van der Waals surface area (Å²) in [6.45, 7) is -0.241. The van der Waals surface area contributed by atoms with E-state index in [1.165, 1.54) is 18.4 Å². The molecule has 0 fully saturated rings. The Morgan fingerprint density at radius 3 is 2.50 bits per heavy atom. The van der Waals surface area contributed by atoms with Crippen molar-refractivity contribution in [2.24, 2.45) is 0 Å². The van der Waals surface area contributed by atoms with Gasteiger partial charge in [0.1, 0.15) is 0 Å². The van der Waals surface area contributed by atoms with Crippen LogP contribution in [0.1, 0.15) is 9.67 Å². The molecule has 0 radical (unpaired) electrons. The van der Waals surface area contributed by atoms with Crippen LogP contribution in [0.15, 0.2) is 40.2 Å². The number of halogens is 1. The van der Waals surface area contributed by atoms with E-state index in [1.807, 2.05) is 0 Å². The summed E-state index contributed by atoms with van der Waals surface area (Å²) >= 11 is 4.53. The third-order valence-electron chi connectivity index (χ3n) is 2.54. The molecule has 1 aromatic carbocycles. The van der Waals surface area contributed by atoms with Gasteiger partial charge in [-0.25, -0.2) is 0 Å². The first-order valence-electron chi connectivity index (χ1n) is 6.20. The van der Waals surface area contributed by atoms with Gasteiger partial charge < -0.3 is 9.47 Å². The molecule has 116 valence electrons. The van der Waals surface area contributed by atoms with E-state index in [9.17, 15) is 9.59 Å². The van der Waals surface area contributed by atoms with Gasteiger partial charge in [0.15, 0.2) is 18.1 Å². The highest BCUT2D eigenvalue weighted by Gasteiger charge is 2.11. The maximum atomic E-state index is 11.7. The Bertz CT molecular complexity index is 674. The van der Waals surface area contributed by atoms with Gasteiger partial charge in [0.05, 0.1) is 15.8 Å². The van der Waals surface area contributed by atoms with E-state index in [0.29, 0.717) is 16.4 Å². The van der Waals surface area contributed by atoms with Gasteiger partial charge in [-0.2, -0.15) is 0 Å². The van der Waals surface area contributed by atoms with E-state index in [1.54, 1.807) is 36.4 Å². The standard InChI is InChI=1S/C14H13BrN2O4S/c1-20-9-4-2-3-5-10(9)21-8-13(18)16-17-14(19)11-6-7-12(15)22-11/h2-7H,8H2,1H3,(H,16,18)(H,17,19). The summed E-state index contributed by atoms with van der Waals surface area (Å²) in [6.07, 6.45) is 0. The topological polar surface area (TPSA) is 76.7 Å². The molecule has 0 aliphatic carbocycles. The van der Waals surface area contributed by atoms with Crippen molar-refractivity contribution in [1.82, 2.24) is 10.9 Å². The first-order chi connectivity index (χ1) is 10.6. The van der Waals surface area contributed by atoms with Gasteiger partial charge in [-0.05, 0) is 40.2 Å². The van der Waals surface area contributed by atoms with Crippen molar-refractivity contribution >= 4 is 39.1 Å². The molecule has 0 saturated heterocycles. The summed E-state index contributed by atoms with van der Waals surface area (Å²) < 4.78 is 11.3. The zero-order chi connectivity index (χ0) is 15.9. The molecule has 2 N–H and O–H groups in total. The number of carbonyl (C=O) groups is 2.